The van der Waals surface area contributed by atoms with E-state index in [1.165, 1.54) is 11.1 Å². The summed E-state index contributed by atoms with van der Waals surface area (Å²) < 4.78 is 0. The highest BCUT2D eigenvalue weighted by Crippen LogP contribution is 2.47. The quantitative estimate of drug-likeness (QED) is 0.577. The summed E-state index contributed by atoms with van der Waals surface area (Å²) in [4.78, 5) is 12.2. The Morgan fingerprint density at radius 2 is 1.92 bits per heavy atom. The second kappa shape index (κ2) is 7.20. The minimum atomic E-state index is -0.0455. The Morgan fingerprint density at radius 3 is 2.62 bits per heavy atom. The van der Waals surface area contributed by atoms with Crippen LogP contribution in [0, 0.1) is 12.8 Å². The van der Waals surface area contributed by atoms with Gasteiger partial charge in [-0.3, -0.25) is 15.6 Å². The smallest absolute Gasteiger partial charge is 0.242 e. The monoisotopic (exact) mass is 359 g/mol. The van der Waals surface area contributed by atoms with E-state index in [1.807, 2.05) is 12.1 Å². The van der Waals surface area contributed by atoms with Gasteiger partial charge < -0.3 is 5.32 Å². The van der Waals surface area contributed by atoms with Crippen LogP contribution in [0.15, 0.2) is 48.5 Å². The molecule has 1 amide bonds. The molecule has 2 aromatic rings. The predicted molar refractivity (Wildman–Crippen MR) is 101 cm³/mol. The third kappa shape index (κ3) is 4.24. The largest absolute Gasteiger partial charge is 0.331 e. The normalized spacial score (nSPS) is 18.6. The maximum atomic E-state index is 12.2. The van der Waals surface area contributed by atoms with Crippen LogP contribution in [0.4, 0.5) is 5.69 Å². The van der Waals surface area contributed by atoms with Crippen molar-refractivity contribution in [1.82, 2.24) is 10.9 Å². The number of rotatable bonds is 3. The third-order valence-corrected chi connectivity index (χ3v) is 4.45. The molecule has 6 heteroatoms. The lowest BCUT2D eigenvalue weighted by atomic mass is 10.1. The van der Waals surface area contributed by atoms with E-state index in [-0.39, 0.29) is 11.8 Å². The molecule has 3 N–H and O–H groups in total. The number of benzene rings is 2. The number of carbonyl (C=O) groups excluding carboxylic acids is 1. The number of thiocarbonyl (C=S) groups is 1. The van der Waals surface area contributed by atoms with Crippen molar-refractivity contribution >= 4 is 40.5 Å². The first-order valence-corrected chi connectivity index (χ1v) is 8.50. The van der Waals surface area contributed by atoms with Gasteiger partial charge in [0.1, 0.15) is 0 Å². The summed E-state index contributed by atoms with van der Waals surface area (Å²) in [7, 11) is 0. The van der Waals surface area contributed by atoms with Gasteiger partial charge in [-0.15, -0.1) is 0 Å². The second-order valence-corrected chi connectivity index (χ2v) is 6.78. The molecule has 2 aromatic carbocycles. The minimum absolute atomic E-state index is 0.00539. The van der Waals surface area contributed by atoms with Crippen molar-refractivity contribution in [2.45, 2.75) is 19.3 Å². The molecule has 0 saturated heterocycles. The molecule has 0 aliphatic heterocycles. The van der Waals surface area contributed by atoms with Gasteiger partial charge in [0.2, 0.25) is 5.91 Å². The zero-order valence-corrected chi connectivity index (χ0v) is 14.7. The van der Waals surface area contributed by atoms with Crippen LogP contribution in [0.25, 0.3) is 0 Å². The van der Waals surface area contributed by atoms with Crippen molar-refractivity contribution in [3.8, 4) is 0 Å². The lowest BCUT2D eigenvalue weighted by molar-refractivity contribution is -0.122. The van der Waals surface area contributed by atoms with E-state index in [0.29, 0.717) is 16.1 Å². The zero-order valence-electron chi connectivity index (χ0n) is 13.2. The molecule has 1 fully saturated rings. The first-order chi connectivity index (χ1) is 11.5. The number of halogens is 1. The zero-order chi connectivity index (χ0) is 17.1. The minimum Gasteiger partial charge on any atom is -0.331 e. The van der Waals surface area contributed by atoms with Gasteiger partial charge in [-0.05, 0) is 55.2 Å². The second-order valence-electron chi connectivity index (χ2n) is 5.94. The Balaban J connectivity index is 1.46. The van der Waals surface area contributed by atoms with E-state index < -0.39 is 0 Å². The van der Waals surface area contributed by atoms with Gasteiger partial charge >= 0.3 is 0 Å². The van der Waals surface area contributed by atoms with E-state index in [9.17, 15) is 4.79 Å². The molecule has 1 saturated carbocycles. The molecule has 124 valence electrons. The number of aryl methyl sites for hydroxylation is 1. The summed E-state index contributed by atoms with van der Waals surface area (Å²) >= 11 is 11.1. The molecule has 0 radical (unpaired) electrons. The van der Waals surface area contributed by atoms with E-state index in [0.717, 1.165) is 12.1 Å². The average molecular weight is 360 g/mol. The van der Waals surface area contributed by atoms with Crippen LogP contribution >= 0.6 is 23.8 Å². The average Bonchev–Trinajstić information content (AvgIpc) is 3.34. The number of hydrogen-bond donors (Lipinski definition) is 3. The summed E-state index contributed by atoms with van der Waals surface area (Å²) in [5, 5.41) is 3.90. The fourth-order valence-corrected chi connectivity index (χ4v) is 2.97. The maximum absolute atomic E-state index is 12.2. The lowest BCUT2D eigenvalue weighted by Crippen LogP contribution is -2.44. The highest BCUT2D eigenvalue weighted by molar-refractivity contribution is 7.80. The molecule has 1 aliphatic carbocycles. The van der Waals surface area contributed by atoms with E-state index >= 15 is 0 Å². The molecular weight excluding hydrogens is 342 g/mol. The summed E-state index contributed by atoms with van der Waals surface area (Å²) in [5.74, 6) is 0.242. The van der Waals surface area contributed by atoms with Crippen LogP contribution in [0.1, 0.15) is 23.5 Å². The molecule has 3 rings (SSSR count). The highest BCUT2D eigenvalue weighted by Gasteiger charge is 2.43. The Hall–Kier alpha value is -2.11. The number of anilines is 1. The number of hydrogen-bond acceptors (Lipinski definition) is 2. The fraction of sp³-hybridized carbons (Fsp3) is 0.222. The van der Waals surface area contributed by atoms with Crippen LogP contribution in [-0.2, 0) is 4.79 Å². The Labute approximate surface area is 151 Å². The number of hydrazine groups is 1. The molecule has 0 bridgehead atoms. The molecule has 0 heterocycles. The van der Waals surface area contributed by atoms with Gasteiger partial charge in [0.25, 0.3) is 0 Å². The molecule has 0 spiro atoms. The Bertz CT molecular complexity index is 763. The van der Waals surface area contributed by atoms with Crippen molar-refractivity contribution < 1.29 is 4.79 Å². The van der Waals surface area contributed by atoms with E-state index in [4.69, 9.17) is 23.8 Å². The lowest BCUT2D eigenvalue weighted by Gasteiger charge is -2.11. The van der Waals surface area contributed by atoms with Crippen molar-refractivity contribution in [2.75, 3.05) is 5.32 Å². The molecule has 24 heavy (non-hydrogen) atoms. The van der Waals surface area contributed by atoms with Crippen molar-refractivity contribution in [3.63, 3.8) is 0 Å². The number of carbonyl (C=O) groups is 1. The summed E-state index contributed by atoms with van der Waals surface area (Å²) in [6.07, 6.45) is 0.866. The van der Waals surface area contributed by atoms with Crippen LogP contribution in [0.3, 0.4) is 0 Å². The predicted octanol–water partition coefficient (Wildman–Crippen LogP) is 3.77. The SMILES string of the molecule is Cc1ccc([C@H]2C[C@H]2C(=O)NNC(=S)Nc2cccc(Cl)c2)cc1. The molecule has 4 nitrogen and oxygen atoms in total. The molecule has 1 aliphatic rings. The first-order valence-electron chi connectivity index (χ1n) is 7.72. The molecule has 0 aromatic heterocycles. The van der Waals surface area contributed by atoms with Crippen molar-refractivity contribution in [2.24, 2.45) is 5.92 Å². The van der Waals surface area contributed by atoms with Gasteiger partial charge in [0.15, 0.2) is 5.11 Å². The van der Waals surface area contributed by atoms with Crippen LogP contribution in [0.2, 0.25) is 5.02 Å². The van der Waals surface area contributed by atoms with Gasteiger partial charge in [-0.1, -0.05) is 47.5 Å². The van der Waals surface area contributed by atoms with Crippen molar-refractivity contribution in [3.05, 3.63) is 64.7 Å². The fourth-order valence-electron chi connectivity index (χ4n) is 2.61. The van der Waals surface area contributed by atoms with Gasteiger partial charge in [0.05, 0.1) is 0 Å². The van der Waals surface area contributed by atoms with Gasteiger partial charge in [-0.25, -0.2) is 0 Å². The molecule has 2 atom stereocenters. The van der Waals surface area contributed by atoms with Crippen molar-refractivity contribution in [1.29, 1.82) is 0 Å². The van der Waals surface area contributed by atoms with Crippen LogP contribution in [0.5, 0.6) is 0 Å². The summed E-state index contributed by atoms with van der Waals surface area (Å²) in [5.41, 5.74) is 8.59. The Morgan fingerprint density at radius 1 is 1.17 bits per heavy atom. The Kier molecular flexibility index (Phi) is 5.02. The van der Waals surface area contributed by atoms with Gasteiger partial charge in [0, 0.05) is 16.6 Å². The number of nitrogens with one attached hydrogen (secondary N) is 3. The highest BCUT2D eigenvalue weighted by atomic mass is 35.5. The molecule has 0 unspecified atom stereocenters. The van der Waals surface area contributed by atoms with E-state index in [1.54, 1.807) is 12.1 Å². The van der Waals surface area contributed by atoms with E-state index in [2.05, 4.69) is 47.4 Å². The standard InChI is InChI=1S/C18H18ClN3OS/c1-11-5-7-12(8-6-11)15-10-16(15)17(23)21-22-18(24)20-14-4-2-3-13(19)9-14/h2-9,15-16H,10H2,1H3,(H,21,23)(H2,20,22,24)/t15-,16-/m1/s1. The summed E-state index contributed by atoms with van der Waals surface area (Å²) in [6.45, 7) is 2.05. The van der Waals surface area contributed by atoms with Crippen LogP contribution in [-0.4, -0.2) is 11.0 Å². The summed E-state index contributed by atoms with van der Waals surface area (Å²) in [6, 6.07) is 15.5. The number of amides is 1. The topological polar surface area (TPSA) is 53.2 Å². The first kappa shape index (κ1) is 16.7. The maximum Gasteiger partial charge on any atom is 0.242 e. The van der Waals surface area contributed by atoms with Gasteiger partial charge in [-0.2, -0.15) is 0 Å². The molecular formula is C18H18ClN3OS. The third-order valence-electron chi connectivity index (χ3n) is 4.01. The van der Waals surface area contributed by atoms with Crippen LogP contribution < -0.4 is 16.2 Å².